The maximum atomic E-state index is 11.8. The molecule has 0 aromatic heterocycles. The van der Waals surface area contributed by atoms with E-state index in [2.05, 4.69) is 23.6 Å². The smallest absolute Gasteiger partial charge is 0.223 e. The largest absolute Gasteiger partial charge is 0.352 e. The summed E-state index contributed by atoms with van der Waals surface area (Å²) in [5.74, 6) is 0.216. The second-order valence-electron chi connectivity index (χ2n) is 4.35. The van der Waals surface area contributed by atoms with E-state index in [1.54, 1.807) is 0 Å². The number of rotatable bonds is 3. The fraction of sp³-hybridized carbons (Fsp3) is 0.818. The van der Waals surface area contributed by atoms with Gasteiger partial charge in [-0.25, -0.2) is 0 Å². The quantitative estimate of drug-likeness (QED) is 0.722. The third kappa shape index (κ3) is 3.88. The van der Waals surface area contributed by atoms with Crippen LogP contribution < -0.4 is 10.6 Å². The van der Waals surface area contributed by atoms with Gasteiger partial charge in [0.1, 0.15) is 0 Å². The summed E-state index contributed by atoms with van der Waals surface area (Å²) in [5.41, 5.74) is 0. The predicted molar refractivity (Wildman–Crippen MR) is 58.0 cm³/mol. The summed E-state index contributed by atoms with van der Waals surface area (Å²) in [7, 11) is 0. The van der Waals surface area contributed by atoms with Crippen molar-refractivity contribution in [3.63, 3.8) is 0 Å². The molecule has 1 heterocycles. The van der Waals surface area contributed by atoms with E-state index in [0.717, 1.165) is 19.4 Å². The van der Waals surface area contributed by atoms with Gasteiger partial charge >= 0.3 is 0 Å². The third-order valence-electron chi connectivity index (χ3n) is 2.78. The van der Waals surface area contributed by atoms with Gasteiger partial charge in [0.05, 0.1) is 12.5 Å². The van der Waals surface area contributed by atoms with Crippen LogP contribution in [-0.4, -0.2) is 24.5 Å². The van der Waals surface area contributed by atoms with Gasteiger partial charge in [-0.3, -0.25) is 4.79 Å². The van der Waals surface area contributed by atoms with Crippen LogP contribution in [0.15, 0.2) is 0 Å². The zero-order chi connectivity index (χ0) is 11.3. The van der Waals surface area contributed by atoms with Crippen LogP contribution in [0.5, 0.6) is 0 Å². The second kappa shape index (κ2) is 5.72. The number of nitrogens with zero attached hydrogens (tertiary/aromatic N) is 1. The van der Waals surface area contributed by atoms with E-state index in [4.69, 9.17) is 5.26 Å². The van der Waals surface area contributed by atoms with Crippen LogP contribution in [0.2, 0.25) is 0 Å². The van der Waals surface area contributed by atoms with Gasteiger partial charge in [-0.15, -0.1) is 0 Å². The lowest BCUT2D eigenvalue weighted by atomic mass is 9.92. The molecule has 1 aliphatic heterocycles. The normalized spacial score (nSPS) is 27.8. The van der Waals surface area contributed by atoms with Crippen LogP contribution >= 0.6 is 0 Å². The molecule has 4 nitrogen and oxygen atoms in total. The van der Waals surface area contributed by atoms with E-state index in [1.165, 1.54) is 0 Å². The van der Waals surface area contributed by atoms with E-state index in [-0.39, 0.29) is 17.9 Å². The topological polar surface area (TPSA) is 64.9 Å². The maximum Gasteiger partial charge on any atom is 0.223 e. The molecular weight excluding hydrogens is 190 g/mol. The molecule has 4 heteroatoms. The van der Waals surface area contributed by atoms with Gasteiger partial charge in [0.2, 0.25) is 5.91 Å². The first-order chi connectivity index (χ1) is 7.13. The monoisotopic (exact) mass is 209 g/mol. The van der Waals surface area contributed by atoms with E-state index in [1.807, 2.05) is 6.92 Å². The lowest BCUT2D eigenvalue weighted by Crippen LogP contribution is -2.44. The van der Waals surface area contributed by atoms with Crippen LogP contribution in [-0.2, 0) is 4.79 Å². The van der Waals surface area contributed by atoms with E-state index in [0.29, 0.717) is 12.5 Å². The Hall–Kier alpha value is -1.08. The molecule has 1 fully saturated rings. The molecule has 1 amide bonds. The predicted octanol–water partition coefficient (Wildman–Crippen LogP) is 0.793. The fourth-order valence-corrected chi connectivity index (χ4v) is 1.92. The standard InChI is InChI=1S/C11H19N3O/c1-8(3-5-12)14-11(15)10-4-6-13-9(2)7-10/h8-10,13H,3-4,6-7H2,1-2H3,(H,14,15). The fourth-order valence-electron chi connectivity index (χ4n) is 1.92. The Morgan fingerprint density at radius 3 is 3.07 bits per heavy atom. The Bertz CT molecular complexity index is 259. The number of hydrogen-bond donors (Lipinski definition) is 2. The van der Waals surface area contributed by atoms with Crippen molar-refractivity contribution in [2.24, 2.45) is 5.92 Å². The zero-order valence-electron chi connectivity index (χ0n) is 9.42. The number of amides is 1. The molecule has 3 unspecified atom stereocenters. The molecule has 0 spiro atoms. The number of carbonyl (C=O) groups excluding carboxylic acids is 1. The number of nitriles is 1. The summed E-state index contributed by atoms with van der Waals surface area (Å²) in [4.78, 5) is 11.8. The summed E-state index contributed by atoms with van der Waals surface area (Å²) in [5, 5.41) is 14.7. The Kier molecular flexibility index (Phi) is 4.57. The molecule has 1 rings (SSSR count). The molecule has 0 radical (unpaired) electrons. The van der Waals surface area contributed by atoms with Crippen molar-refractivity contribution in [1.29, 1.82) is 5.26 Å². The molecule has 0 bridgehead atoms. The molecule has 1 aliphatic rings. The minimum atomic E-state index is -0.0345. The lowest BCUT2D eigenvalue weighted by molar-refractivity contribution is -0.126. The molecule has 15 heavy (non-hydrogen) atoms. The van der Waals surface area contributed by atoms with Crippen molar-refractivity contribution in [2.75, 3.05) is 6.54 Å². The van der Waals surface area contributed by atoms with Crippen molar-refractivity contribution >= 4 is 5.91 Å². The Balaban J connectivity index is 2.36. The molecule has 3 atom stereocenters. The highest BCUT2D eigenvalue weighted by Gasteiger charge is 2.25. The van der Waals surface area contributed by atoms with Crippen LogP contribution in [0, 0.1) is 17.2 Å². The first kappa shape index (κ1) is 12.0. The summed E-state index contributed by atoms with van der Waals surface area (Å²) in [6.07, 6.45) is 2.17. The van der Waals surface area contributed by atoms with E-state index < -0.39 is 0 Å². The maximum absolute atomic E-state index is 11.8. The van der Waals surface area contributed by atoms with Gasteiger partial charge < -0.3 is 10.6 Å². The van der Waals surface area contributed by atoms with Gasteiger partial charge in [0.25, 0.3) is 0 Å². The molecule has 2 N–H and O–H groups in total. The second-order valence-corrected chi connectivity index (χ2v) is 4.35. The van der Waals surface area contributed by atoms with Gasteiger partial charge in [-0.2, -0.15) is 5.26 Å². The van der Waals surface area contributed by atoms with E-state index >= 15 is 0 Å². The van der Waals surface area contributed by atoms with Crippen molar-refractivity contribution in [3.05, 3.63) is 0 Å². The SMILES string of the molecule is CC1CC(C(=O)NC(C)CC#N)CCN1. The average molecular weight is 209 g/mol. The van der Waals surface area contributed by atoms with Gasteiger partial charge in [-0.05, 0) is 33.2 Å². The Labute approximate surface area is 91.0 Å². The molecule has 1 saturated heterocycles. The van der Waals surface area contributed by atoms with Crippen molar-refractivity contribution in [2.45, 2.75) is 45.2 Å². The Morgan fingerprint density at radius 2 is 2.47 bits per heavy atom. The number of piperidine rings is 1. The van der Waals surface area contributed by atoms with E-state index in [9.17, 15) is 4.79 Å². The van der Waals surface area contributed by atoms with Crippen LogP contribution in [0.25, 0.3) is 0 Å². The summed E-state index contributed by atoms with van der Waals surface area (Å²) >= 11 is 0. The average Bonchev–Trinajstić information content (AvgIpc) is 2.18. The molecule has 84 valence electrons. The van der Waals surface area contributed by atoms with Crippen molar-refractivity contribution in [3.8, 4) is 6.07 Å². The number of hydrogen-bond acceptors (Lipinski definition) is 3. The molecule has 0 aliphatic carbocycles. The first-order valence-corrected chi connectivity index (χ1v) is 5.54. The molecule has 0 aromatic rings. The highest BCUT2D eigenvalue weighted by molar-refractivity contribution is 5.79. The minimum Gasteiger partial charge on any atom is -0.352 e. The number of carbonyl (C=O) groups is 1. The van der Waals surface area contributed by atoms with Crippen molar-refractivity contribution < 1.29 is 4.79 Å². The summed E-state index contributed by atoms with van der Waals surface area (Å²) < 4.78 is 0. The number of nitrogens with one attached hydrogen (secondary N) is 2. The molecule has 0 aromatic carbocycles. The lowest BCUT2D eigenvalue weighted by Gasteiger charge is -2.27. The van der Waals surface area contributed by atoms with Crippen LogP contribution in [0.1, 0.15) is 33.1 Å². The highest BCUT2D eigenvalue weighted by atomic mass is 16.1. The van der Waals surface area contributed by atoms with Crippen LogP contribution in [0.3, 0.4) is 0 Å². The summed E-state index contributed by atoms with van der Waals surface area (Å²) in [6.45, 7) is 4.87. The molecule has 0 saturated carbocycles. The highest BCUT2D eigenvalue weighted by Crippen LogP contribution is 2.16. The Morgan fingerprint density at radius 1 is 1.73 bits per heavy atom. The van der Waals surface area contributed by atoms with Gasteiger partial charge in [-0.1, -0.05) is 0 Å². The zero-order valence-corrected chi connectivity index (χ0v) is 9.42. The minimum absolute atomic E-state index is 0.0345. The van der Waals surface area contributed by atoms with Gasteiger partial charge in [0, 0.05) is 18.0 Å². The third-order valence-corrected chi connectivity index (χ3v) is 2.78. The molecular formula is C11H19N3O. The van der Waals surface area contributed by atoms with Gasteiger partial charge in [0.15, 0.2) is 0 Å². The van der Waals surface area contributed by atoms with Crippen LogP contribution in [0.4, 0.5) is 0 Å². The summed E-state index contributed by atoms with van der Waals surface area (Å²) in [6, 6.07) is 2.44. The first-order valence-electron chi connectivity index (χ1n) is 5.54. The van der Waals surface area contributed by atoms with Crippen molar-refractivity contribution in [1.82, 2.24) is 10.6 Å².